The van der Waals surface area contributed by atoms with Crippen molar-refractivity contribution in [2.45, 2.75) is 18.9 Å². The Morgan fingerprint density at radius 1 is 1.31 bits per heavy atom. The molecule has 6 nitrogen and oxygen atoms in total. The maximum absolute atomic E-state index is 12.8. The zero-order valence-corrected chi connectivity index (χ0v) is 15.3. The van der Waals surface area contributed by atoms with Crippen molar-refractivity contribution in [2.24, 2.45) is 13.0 Å². The zero-order chi connectivity index (χ0) is 18.1. The summed E-state index contributed by atoms with van der Waals surface area (Å²) in [5, 5.41) is 8.56. The van der Waals surface area contributed by atoms with Gasteiger partial charge in [-0.2, -0.15) is 5.10 Å². The van der Waals surface area contributed by atoms with E-state index in [9.17, 15) is 4.79 Å². The third-order valence-electron chi connectivity index (χ3n) is 5.53. The van der Waals surface area contributed by atoms with Crippen molar-refractivity contribution in [2.75, 3.05) is 20.1 Å². The Hall–Kier alpha value is -2.60. The molecule has 26 heavy (non-hydrogen) atoms. The number of hydrogen-bond donors (Lipinski definition) is 2. The molecule has 0 radical (unpaired) electrons. The van der Waals surface area contributed by atoms with Crippen molar-refractivity contribution in [1.82, 2.24) is 25.0 Å². The van der Waals surface area contributed by atoms with Crippen LogP contribution in [0.1, 0.15) is 34.9 Å². The summed E-state index contributed by atoms with van der Waals surface area (Å²) < 4.78 is 1.95. The van der Waals surface area contributed by atoms with Crippen LogP contribution >= 0.6 is 0 Å². The molecule has 3 aromatic rings. The van der Waals surface area contributed by atoms with Gasteiger partial charge < -0.3 is 10.3 Å². The molecule has 1 aromatic carbocycles. The molecular weight excluding hydrogens is 326 g/mol. The van der Waals surface area contributed by atoms with Gasteiger partial charge in [0.25, 0.3) is 5.91 Å². The first-order valence-electron chi connectivity index (χ1n) is 9.17. The Morgan fingerprint density at radius 3 is 3.00 bits per heavy atom. The van der Waals surface area contributed by atoms with E-state index in [0.717, 1.165) is 30.3 Å². The number of para-hydroxylation sites is 1. The number of aryl methyl sites for hydroxylation is 1. The molecule has 0 unspecified atom stereocenters. The molecule has 1 aliphatic rings. The minimum absolute atomic E-state index is 0.0185. The molecule has 3 heterocycles. The molecular formula is C20H25N5O. The van der Waals surface area contributed by atoms with E-state index in [1.807, 2.05) is 48.4 Å². The van der Waals surface area contributed by atoms with Crippen LogP contribution in [-0.2, 0) is 7.05 Å². The second-order valence-electron chi connectivity index (χ2n) is 7.16. The summed E-state index contributed by atoms with van der Waals surface area (Å²) in [5.74, 6) is 0.353. The second kappa shape index (κ2) is 6.96. The summed E-state index contributed by atoms with van der Waals surface area (Å²) in [6.07, 6.45) is 5.97. The number of H-pyrrole nitrogens is 1. The minimum Gasteiger partial charge on any atom is -0.361 e. The van der Waals surface area contributed by atoms with E-state index in [2.05, 4.69) is 33.4 Å². The van der Waals surface area contributed by atoms with Gasteiger partial charge in [0.05, 0.1) is 22.8 Å². The molecule has 0 bridgehead atoms. The third kappa shape index (κ3) is 3.01. The van der Waals surface area contributed by atoms with Crippen molar-refractivity contribution in [1.29, 1.82) is 0 Å². The molecule has 1 aliphatic heterocycles. The highest BCUT2D eigenvalue weighted by atomic mass is 16.1. The van der Waals surface area contributed by atoms with Crippen LogP contribution in [0.25, 0.3) is 10.9 Å². The number of nitrogens with one attached hydrogen (secondary N) is 2. The van der Waals surface area contributed by atoms with Crippen molar-refractivity contribution >= 4 is 16.8 Å². The Kier molecular flexibility index (Phi) is 4.51. The second-order valence-corrected chi connectivity index (χ2v) is 7.16. The minimum atomic E-state index is -0.0185. The summed E-state index contributed by atoms with van der Waals surface area (Å²) in [7, 11) is 4.14. The third-order valence-corrected chi connectivity index (χ3v) is 5.53. The molecule has 0 saturated carbocycles. The summed E-state index contributed by atoms with van der Waals surface area (Å²) in [6, 6.07) is 10.2. The summed E-state index contributed by atoms with van der Waals surface area (Å²) in [6.45, 7) is 1.73. The number of piperidine rings is 1. The van der Waals surface area contributed by atoms with Gasteiger partial charge in [-0.05, 0) is 50.6 Å². The first-order chi connectivity index (χ1) is 12.6. The summed E-state index contributed by atoms with van der Waals surface area (Å²) in [5.41, 5.74) is 2.81. The standard InChI is InChI=1S/C20H25N5O/c1-24-12-4-6-15(19(24)17-9-11-23-25(17)2)13-22-20(26)16-7-3-5-14-8-10-21-18(14)16/h3,5,7-11,15,19,21H,4,6,12-13H2,1-2H3,(H,22,26)/t15-,19+/m0/s1. The molecule has 4 rings (SSSR count). The number of benzene rings is 1. The lowest BCUT2D eigenvalue weighted by Crippen LogP contribution is -2.42. The molecule has 0 spiro atoms. The van der Waals surface area contributed by atoms with E-state index < -0.39 is 0 Å². The highest BCUT2D eigenvalue weighted by molar-refractivity contribution is 6.05. The zero-order valence-electron chi connectivity index (χ0n) is 15.3. The number of amides is 1. The first-order valence-corrected chi connectivity index (χ1v) is 9.17. The predicted molar refractivity (Wildman–Crippen MR) is 102 cm³/mol. The van der Waals surface area contributed by atoms with Crippen molar-refractivity contribution in [3.63, 3.8) is 0 Å². The number of carbonyl (C=O) groups is 1. The Morgan fingerprint density at radius 2 is 2.19 bits per heavy atom. The highest BCUT2D eigenvalue weighted by Crippen LogP contribution is 2.34. The van der Waals surface area contributed by atoms with E-state index in [0.29, 0.717) is 18.0 Å². The Labute approximate surface area is 153 Å². The molecule has 6 heteroatoms. The van der Waals surface area contributed by atoms with Gasteiger partial charge in [-0.1, -0.05) is 12.1 Å². The van der Waals surface area contributed by atoms with Gasteiger partial charge in [-0.25, -0.2) is 0 Å². The smallest absolute Gasteiger partial charge is 0.253 e. The highest BCUT2D eigenvalue weighted by Gasteiger charge is 2.32. The van der Waals surface area contributed by atoms with E-state index in [1.165, 1.54) is 5.69 Å². The topological polar surface area (TPSA) is 66.0 Å². The molecule has 2 N–H and O–H groups in total. The van der Waals surface area contributed by atoms with Gasteiger partial charge in [0.15, 0.2) is 0 Å². The molecule has 1 fully saturated rings. The lowest BCUT2D eigenvalue weighted by Gasteiger charge is -2.39. The van der Waals surface area contributed by atoms with Crippen molar-refractivity contribution in [3.8, 4) is 0 Å². The Bertz CT molecular complexity index is 912. The largest absolute Gasteiger partial charge is 0.361 e. The maximum atomic E-state index is 12.8. The van der Waals surface area contributed by atoms with E-state index in [4.69, 9.17) is 0 Å². The van der Waals surface area contributed by atoms with E-state index in [1.54, 1.807) is 0 Å². The predicted octanol–water partition coefficient (Wildman–Crippen LogP) is 2.71. The van der Waals surface area contributed by atoms with Crippen LogP contribution < -0.4 is 5.32 Å². The molecule has 1 saturated heterocycles. The van der Waals surface area contributed by atoms with Gasteiger partial charge in [-0.15, -0.1) is 0 Å². The van der Waals surface area contributed by atoms with Gasteiger partial charge in [0, 0.05) is 31.4 Å². The average Bonchev–Trinajstić information content (AvgIpc) is 3.28. The van der Waals surface area contributed by atoms with Crippen LogP contribution in [0.5, 0.6) is 0 Å². The fourth-order valence-corrected chi connectivity index (χ4v) is 4.21. The van der Waals surface area contributed by atoms with Gasteiger partial charge in [-0.3, -0.25) is 14.4 Å². The number of rotatable bonds is 4. The quantitative estimate of drug-likeness (QED) is 0.759. The first kappa shape index (κ1) is 16.8. The normalized spacial score (nSPS) is 21.2. The lowest BCUT2D eigenvalue weighted by atomic mass is 9.87. The number of aromatic amines is 1. The molecule has 1 amide bonds. The maximum Gasteiger partial charge on any atom is 0.253 e. The van der Waals surface area contributed by atoms with Gasteiger partial charge >= 0.3 is 0 Å². The summed E-state index contributed by atoms with van der Waals surface area (Å²) >= 11 is 0. The van der Waals surface area contributed by atoms with E-state index >= 15 is 0 Å². The monoisotopic (exact) mass is 351 g/mol. The number of hydrogen-bond acceptors (Lipinski definition) is 3. The number of likely N-dealkylation sites (tertiary alicyclic amines) is 1. The van der Waals surface area contributed by atoms with Crippen LogP contribution in [-0.4, -0.2) is 45.7 Å². The molecule has 136 valence electrons. The number of nitrogens with zero attached hydrogens (tertiary/aromatic N) is 3. The average molecular weight is 351 g/mol. The van der Waals surface area contributed by atoms with Crippen LogP contribution in [0.15, 0.2) is 42.7 Å². The lowest BCUT2D eigenvalue weighted by molar-refractivity contribution is 0.0881. The molecule has 2 atom stereocenters. The summed E-state index contributed by atoms with van der Waals surface area (Å²) in [4.78, 5) is 18.3. The Balaban J connectivity index is 1.51. The van der Waals surface area contributed by atoms with Crippen LogP contribution in [0.2, 0.25) is 0 Å². The van der Waals surface area contributed by atoms with Crippen LogP contribution in [0.4, 0.5) is 0 Å². The number of fused-ring (bicyclic) bond motifs is 1. The van der Waals surface area contributed by atoms with Crippen molar-refractivity contribution in [3.05, 3.63) is 54.0 Å². The van der Waals surface area contributed by atoms with Crippen LogP contribution in [0.3, 0.4) is 0 Å². The van der Waals surface area contributed by atoms with Gasteiger partial charge in [0.1, 0.15) is 0 Å². The number of aromatic nitrogens is 3. The van der Waals surface area contributed by atoms with E-state index in [-0.39, 0.29) is 11.9 Å². The van der Waals surface area contributed by atoms with Gasteiger partial charge in [0.2, 0.25) is 0 Å². The number of carbonyl (C=O) groups excluding carboxylic acids is 1. The van der Waals surface area contributed by atoms with Crippen LogP contribution in [0, 0.1) is 5.92 Å². The fraction of sp³-hybridized carbons (Fsp3) is 0.400. The molecule has 2 aromatic heterocycles. The van der Waals surface area contributed by atoms with Crippen molar-refractivity contribution < 1.29 is 4.79 Å². The molecule has 0 aliphatic carbocycles. The fourth-order valence-electron chi connectivity index (χ4n) is 4.21. The SMILES string of the molecule is CN1CCC[C@@H](CNC(=O)c2cccc3cc[nH]c23)[C@@H]1c1ccnn1C.